The normalized spacial score (nSPS) is 15.4. The predicted octanol–water partition coefficient (Wildman–Crippen LogP) is -0.890. The van der Waals surface area contributed by atoms with Crippen molar-refractivity contribution in [1.29, 1.82) is 0 Å². The summed E-state index contributed by atoms with van der Waals surface area (Å²) in [7, 11) is -12.4. The van der Waals surface area contributed by atoms with Crippen LogP contribution in [0.2, 0.25) is 0 Å². The standard InChI is InChI=1S/C48H58N2O8S2.3K.O3S/c1-8-9-30-49-41-17-14-13-16-39(41)47(4,5)45(49)28-24-36(35-20-22-37(23-21-35)44(52)19-12-10-11-18-43(51)34(2)3)25-29-46-48(6,7)40-33-38(60(56,57)58)26-27-42(40)50(46)31-15-32-59(53,54)55;;;;1-4(2)3/h14,16-17,20-29,33H,2,8-12,15,18-19,30-32H2,1,3-7H3,(H,53,54,55)(H,56,57,58);;;;/q;3*+1;/p-2. The van der Waals surface area contributed by atoms with E-state index < -0.39 is 42.0 Å². The van der Waals surface area contributed by atoms with Crippen molar-refractivity contribution in [3.63, 3.8) is 0 Å². The number of benzene rings is 3. The van der Waals surface area contributed by atoms with Crippen LogP contribution >= 0.6 is 0 Å². The maximum absolute atomic E-state index is 13.2. The van der Waals surface area contributed by atoms with Crippen LogP contribution in [0.25, 0.3) is 5.57 Å². The first-order valence-electron chi connectivity index (χ1n) is 21.1. The van der Waals surface area contributed by atoms with Crippen LogP contribution in [0.15, 0.2) is 108 Å². The Morgan fingerprint density at radius 2 is 1.45 bits per heavy atom. The molecule has 0 amide bonds. The second-order valence-corrected chi connectivity index (χ2v) is 20.3. The van der Waals surface area contributed by atoms with Crippen LogP contribution in [0.5, 0.6) is 0 Å². The quantitative estimate of drug-likeness (QED) is 0.0198. The molecule has 0 saturated carbocycles. The molecule has 0 unspecified atom stereocenters. The van der Waals surface area contributed by atoms with Gasteiger partial charge in [0.1, 0.15) is 22.4 Å². The molecule has 67 heavy (non-hydrogen) atoms. The van der Waals surface area contributed by atoms with Crippen molar-refractivity contribution in [3.8, 4) is 0 Å². The summed E-state index contributed by atoms with van der Waals surface area (Å²) >= 11 is 0. The third-order valence-electron chi connectivity index (χ3n) is 11.6. The summed E-state index contributed by atoms with van der Waals surface area (Å²) < 4.78 is 98.8. The smallest absolute Gasteiger partial charge is 0.748 e. The molecule has 2 aliphatic heterocycles. The monoisotopic (exact) mass is 1050 g/mol. The fraction of sp³-hybridized carbons (Fsp3) is 0.396. The van der Waals surface area contributed by atoms with E-state index in [-0.39, 0.29) is 189 Å². The van der Waals surface area contributed by atoms with Gasteiger partial charge in [0.15, 0.2) is 17.3 Å². The van der Waals surface area contributed by atoms with Gasteiger partial charge in [-0.3, -0.25) is 9.59 Å². The van der Waals surface area contributed by atoms with Gasteiger partial charge in [-0.25, -0.2) is 21.4 Å². The number of Topliss-reactive ketones (excluding diaryl/α,β-unsaturated/α-hetero) is 2. The fourth-order valence-electron chi connectivity index (χ4n) is 8.11. The number of unbranched alkanes of at least 4 members (excludes halogenated alkanes) is 3. The van der Waals surface area contributed by atoms with E-state index in [4.69, 9.17) is 12.6 Å². The van der Waals surface area contributed by atoms with Crippen LogP contribution in [0.3, 0.4) is 0 Å². The Kier molecular flexibility index (Phi) is 27.9. The number of rotatable bonds is 20. The molecule has 0 saturated heterocycles. The van der Waals surface area contributed by atoms with Crippen LogP contribution in [0.4, 0.5) is 11.4 Å². The van der Waals surface area contributed by atoms with Crippen molar-refractivity contribution in [3.05, 3.63) is 131 Å². The summed E-state index contributed by atoms with van der Waals surface area (Å²) in [5.74, 6) is -0.517. The zero-order chi connectivity index (χ0) is 47.6. The third kappa shape index (κ3) is 18.3. The molecular weight excluding hydrogens is 994 g/mol. The predicted molar refractivity (Wildman–Crippen MR) is 246 cm³/mol. The maximum Gasteiger partial charge on any atom is 1.00 e. The molecule has 0 atom stereocenters. The van der Waals surface area contributed by atoms with Crippen LogP contribution in [0, 0.1) is 6.07 Å². The fourth-order valence-corrected chi connectivity index (χ4v) is 9.09. The number of allylic oxidation sites excluding steroid dienone is 7. The minimum absolute atomic E-state index is 0. The van der Waals surface area contributed by atoms with E-state index in [9.17, 15) is 35.5 Å². The minimum Gasteiger partial charge on any atom is -0.748 e. The summed E-state index contributed by atoms with van der Waals surface area (Å²) in [5.41, 5.74) is 6.95. The van der Waals surface area contributed by atoms with Crippen molar-refractivity contribution >= 4 is 65.1 Å². The number of ketones is 2. The van der Waals surface area contributed by atoms with Gasteiger partial charge in [0.05, 0.1) is 15.0 Å². The molecular formula is C48H56K3N2O11S3+. The number of hydrogen-bond donors (Lipinski definition) is 0. The van der Waals surface area contributed by atoms with Gasteiger partial charge in [0.2, 0.25) is 0 Å². The molecule has 0 N–H and O–H groups in total. The number of anilines is 1. The van der Waals surface area contributed by atoms with Crippen molar-refractivity contribution in [1.82, 2.24) is 0 Å². The Bertz CT molecular complexity index is 2740. The third-order valence-corrected chi connectivity index (χ3v) is 13.2. The molecule has 19 heteroatoms. The number of carbonyl (C=O) groups is 2. The van der Waals surface area contributed by atoms with Gasteiger partial charge >= 0.3 is 165 Å². The molecule has 0 radical (unpaired) electrons. The molecule has 0 bridgehead atoms. The summed E-state index contributed by atoms with van der Waals surface area (Å²) in [5, 5.41) is 0. The second kappa shape index (κ2) is 28.9. The van der Waals surface area contributed by atoms with E-state index in [1.54, 1.807) is 13.0 Å². The Hall–Kier alpha value is -0.221. The van der Waals surface area contributed by atoms with Gasteiger partial charge in [-0.05, 0) is 78.8 Å². The van der Waals surface area contributed by atoms with Crippen molar-refractivity contribution < 1.29 is 207 Å². The molecule has 3 aromatic carbocycles. The van der Waals surface area contributed by atoms with Crippen LogP contribution < -0.4 is 159 Å². The molecule has 13 nitrogen and oxygen atoms in total. The average Bonchev–Trinajstić information content (AvgIpc) is 3.56. The van der Waals surface area contributed by atoms with Crippen molar-refractivity contribution in [2.24, 2.45) is 0 Å². The zero-order valence-electron chi connectivity index (χ0n) is 40.2. The van der Waals surface area contributed by atoms with Gasteiger partial charge in [-0.15, -0.1) is 18.7 Å². The molecule has 5 rings (SSSR count). The van der Waals surface area contributed by atoms with E-state index >= 15 is 0 Å². The Morgan fingerprint density at radius 3 is 2.03 bits per heavy atom. The maximum atomic E-state index is 13.2. The van der Waals surface area contributed by atoms with E-state index in [1.165, 1.54) is 17.7 Å². The minimum atomic E-state index is -4.76. The average molecular weight is 1050 g/mol. The molecule has 2 heterocycles. The largest absolute Gasteiger partial charge is 1.00 e. The molecule has 0 spiro atoms. The molecule has 344 valence electrons. The van der Waals surface area contributed by atoms with Gasteiger partial charge in [-0.2, -0.15) is 18.2 Å². The summed E-state index contributed by atoms with van der Waals surface area (Å²) in [4.78, 5) is 26.6. The van der Waals surface area contributed by atoms with Crippen LogP contribution in [-0.2, 0) is 46.5 Å². The molecule has 0 fully saturated rings. The molecule has 3 aromatic rings. The topological polar surface area (TPSA) is 206 Å². The van der Waals surface area contributed by atoms with Crippen molar-refractivity contribution in [2.75, 3.05) is 23.7 Å². The Labute approximate surface area is 526 Å². The number of nitrogens with zero attached hydrogens (tertiary/aromatic N) is 2. The Balaban J connectivity index is 0.00000308. The SMILES string of the molecule is C=C(C)C(=O)CCCCCC(=O)c1ccc(C(=C\C=C2/N(CCCS(=O)(=O)[O-])c3ccc(S(=O)(=O)[O-])cc3C2(C)C)/C=C/C2=[N+](CCCC)c3cc[c-]cc3C2(C)C)cc1.O=S(=O)=O.[K+].[K+].[K+]. The molecule has 0 aromatic heterocycles. The van der Waals surface area contributed by atoms with Gasteiger partial charge < -0.3 is 14.0 Å². The first kappa shape index (κ1) is 64.8. The van der Waals surface area contributed by atoms with Gasteiger partial charge in [-0.1, -0.05) is 89.9 Å². The van der Waals surface area contributed by atoms with Crippen molar-refractivity contribution in [2.45, 2.75) is 109 Å². The van der Waals surface area contributed by atoms with E-state index in [2.05, 4.69) is 56.2 Å². The first-order valence-corrected chi connectivity index (χ1v) is 25.1. The molecule has 2 aliphatic rings. The van der Waals surface area contributed by atoms with Gasteiger partial charge in [0, 0.05) is 65.4 Å². The zero-order valence-corrected chi connectivity index (χ0v) is 52.0. The number of carbonyl (C=O) groups excluding carboxylic acids is 2. The van der Waals surface area contributed by atoms with E-state index in [0.29, 0.717) is 53.8 Å². The Morgan fingerprint density at radius 1 is 0.836 bits per heavy atom. The van der Waals surface area contributed by atoms with E-state index in [1.807, 2.05) is 67.3 Å². The second-order valence-electron chi connectivity index (χ2n) is 17.0. The van der Waals surface area contributed by atoms with Gasteiger partial charge in [0.25, 0.3) is 0 Å². The number of fused-ring (bicyclic) bond motifs is 2. The summed E-state index contributed by atoms with van der Waals surface area (Å²) in [6, 6.07) is 21.0. The van der Waals surface area contributed by atoms with Crippen LogP contribution in [-0.4, -0.2) is 79.3 Å². The summed E-state index contributed by atoms with van der Waals surface area (Å²) in [6.07, 6.45) is 13.0. The van der Waals surface area contributed by atoms with Crippen LogP contribution in [0.1, 0.15) is 120 Å². The number of hydrogen-bond acceptors (Lipinski definition) is 12. The van der Waals surface area contributed by atoms with E-state index in [0.717, 1.165) is 48.3 Å². The molecule has 0 aliphatic carbocycles. The first-order chi connectivity index (χ1) is 29.9. The summed E-state index contributed by atoms with van der Waals surface area (Å²) in [6.45, 7) is 16.8.